The summed E-state index contributed by atoms with van der Waals surface area (Å²) in [6.45, 7) is 1.63. The number of hydrogen-bond acceptors (Lipinski definition) is 1. The Labute approximate surface area is 104 Å². The first kappa shape index (κ1) is 12.1. The predicted octanol–water partition coefficient (Wildman–Crippen LogP) is 3.87. The van der Waals surface area contributed by atoms with Crippen LogP contribution in [0.5, 0.6) is 0 Å². The monoisotopic (exact) mass is 250 g/mol. The molecule has 17 heavy (non-hydrogen) atoms. The van der Waals surface area contributed by atoms with Crippen LogP contribution in [0, 0.1) is 12.7 Å². The summed E-state index contributed by atoms with van der Waals surface area (Å²) >= 11 is 5.88. The summed E-state index contributed by atoms with van der Waals surface area (Å²) in [6, 6.07) is 11.9. The maximum absolute atomic E-state index is 13.9. The first-order valence-corrected chi connectivity index (χ1v) is 5.66. The van der Waals surface area contributed by atoms with Gasteiger partial charge in [-0.15, -0.1) is 0 Å². The molecular weight excluding hydrogens is 239 g/mol. The minimum absolute atomic E-state index is 0.209. The molecule has 1 N–H and O–H groups in total. The molecule has 0 saturated heterocycles. The molecule has 1 unspecified atom stereocenters. The lowest BCUT2D eigenvalue weighted by atomic mass is 9.99. The second-order valence-electron chi connectivity index (χ2n) is 3.94. The molecule has 1 nitrogen and oxygen atoms in total. The lowest BCUT2D eigenvalue weighted by Gasteiger charge is -2.14. The molecule has 3 heteroatoms. The van der Waals surface area contributed by atoms with Crippen LogP contribution < -0.4 is 0 Å². The second-order valence-corrected chi connectivity index (χ2v) is 4.38. The summed E-state index contributed by atoms with van der Waals surface area (Å²) in [4.78, 5) is 0. The van der Waals surface area contributed by atoms with Gasteiger partial charge in [0.1, 0.15) is 11.9 Å². The minimum atomic E-state index is -0.992. The predicted molar refractivity (Wildman–Crippen MR) is 66.7 cm³/mol. The molecule has 0 aliphatic carbocycles. The largest absolute Gasteiger partial charge is 0.384 e. The van der Waals surface area contributed by atoms with Crippen molar-refractivity contribution in [3.63, 3.8) is 0 Å². The van der Waals surface area contributed by atoms with Crippen molar-refractivity contribution in [2.75, 3.05) is 0 Å². The highest BCUT2D eigenvalue weighted by Crippen LogP contribution is 2.28. The van der Waals surface area contributed by atoms with Crippen molar-refractivity contribution in [1.29, 1.82) is 0 Å². The standard InChI is InChI=1S/C14H12ClFO/c1-9-7-11(15)8-12(13(9)16)14(17)10-5-3-2-4-6-10/h2-8,14,17H,1H3. The maximum atomic E-state index is 13.9. The van der Waals surface area contributed by atoms with Gasteiger partial charge in [0.25, 0.3) is 0 Å². The summed E-state index contributed by atoms with van der Waals surface area (Å²) in [6.07, 6.45) is -0.992. The molecule has 0 spiro atoms. The van der Waals surface area contributed by atoms with E-state index in [2.05, 4.69) is 0 Å². The zero-order valence-electron chi connectivity index (χ0n) is 9.32. The highest BCUT2D eigenvalue weighted by molar-refractivity contribution is 6.30. The van der Waals surface area contributed by atoms with Crippen LogP contribution in [0.2, 0.25) is 5.02 Å². The van der Waals surface area contributed by atoms with Crippen molar-refractivity contribution in [2.24, 2.45) is 0 Å². The van der Waals surface area contributed by atoms with E-state index in [1.165, 1.54) is 12.1 Å². The van der Waals surface area contributed by atoms with E-state index in [9.17, 15) is 9.50 Å². The zero-order chi connectivity index (χ0) is 12.4. The second kappa shape index (κ2) is 4.86. The van der Waals surface area contributed by atoms with Gasteiger partial charge in [0.2, 0.25) is 0 Å². The van der Waals surface area contributed by atoms with Crippen LogP contribution in [-0.2, 0) is 0 Å². The lowest BCUT2D eigenvalue weighted by molar-refractivity contribution is 0.214. The molecule has 0 aliphatic heterocycles. The van der Waals surface area contributed by atoms with E-state index in [1.54, 1.807) is 31.2 Å². The van der Waals surface area contributed by atoms with Crippen molar-refractivity contribution in [2.45, 2.75) is 13.0 Å². The van der Waals surface area contributed by atoms with Gasteiger partial charge in [0.05, 0.1) is 0 Å². The number of aryl methyl sites for hydroxylation is 1. The fourth-order valence-corrected chi connectivity index (χ4v) is 2.05. The Bertz CT molecular complexity index is 525. The third-order valence-corrected chi connectivity index (χ3v) is 2.88. The Hall–Kier alpha value is -1.38. The SMILES string of the molecule is Cc1cc(Cl)cc(C(O)c2ccccc2)c1F. The highest BCUT2D eigenvalue weighted by Gasteiger charge is 2.17. The molecule has 2 rings (SSSR count). The number of hydrogen-bond donors (Lipinski definition) is 1. The van der Waals surface area contributed by atoms with Gasteiger partial charge in [-0.05, 0) is 30.2 Å². The number of benzene rings is 2. The summed E-state index contributed by atoms with van der Waals surface area (Å²) in [5.74, 6) is -0.411. The van der Waals surface area contributed by atoms with E-state index in [4.69, 9.17) is 11.6 Å². The van der Waals surface area contributed by atoms with Crippen LogP contribution in [0.15, 0.2) is 42.5 Å². The van der Waals surface area contributed by atoms with E-state index < -0.39 is 11.9 Å². The fourth-order valence-electron chi connectivity index (χ4n) is 1.77. The quantitative estimate of drug-likeness (QED) is 0.858. The summed E-state index contributed by atoms with van der Waals surface area (Å²) < 4.78 is 13.9. The summed E-state index contributed by atoms with van der Waals surface area (Å²) in [7, 11) is 0. The molecule has 0 heterocycles. The Morgan fingerprint density at radius 2 is 1.82 bits per heavy atom. The van der Waals surface area contributed by atoms with Crippen LogP contribution >= 0.6 is 11.6 Å². The molecule has 0 aromatic heterocycles. The average molecular weight is 251 g/mol. The molecule has 1 atom stereocenters. The summed E-state index contributed by atoms with van der Waals surface area (Å²) in [5.41, 5.74) is 1.29. The lowest BCUT2D eigenvalue weighted by Crippen LogP contribution is -2.03. The van der Waals surface area contributed by atoms with E-state index in [1.807, 2.05) is 6.07 Å². The molecule has 0 amide bonds. The molecule has 0 fully saturated rings. The molecule has 88 valence electrons. The Kier molecular flexibility index (Phi) is 3.46. The van der Waals surface area contributed by atoms with E-state index >= 15 is 0 Å². The van der Waals surface area contributed by atoms with Gasteiger partial charge in [-0.25, -0.2) is 4.39 Å². The van der Waals surface area contributed by atoms with E-state index in [-0.39, 0.29) is 5.56 Å². The first-order chi connectivity index (χ1) is 8.09. The van der Waals surface area contributed by atoms with E-state index in [0.717, 1.165) is 0 Å². The van der Waals surface area contributed by atoms with Gasteiger partial charge in [0.15, 0.2) is 0 Å². The van der Waals surface area contributed by atoms with Crippen LogP contribution in [0.25, 0.3) is 0 Å². The smallest absolute Gasteiger partial charge is 0.132 e. The first-order valence-electron chi connectivity index (χ1n) is 5.28. The zero-order valence-corrected chi connectivity index (χ0v) is 10.1. The Morgan fingerprint density at radius 1 is 1.18 bits per heavy atom. The molecule has 0 saturated carbocycles. The molecule has 2 aromatic rings. The average Bonchev–Trinajstić information content (AvgIpc) is 2.34. The number of halogens is 2. The van der Waals surface area contributed by atoms with Crippen LogP contribution in [0.1, 0.15) is 22.8 Å². The van der Waals surface area contributed by atoms with Crippen LogP contribution in [0.4, 0.5) is 4.39 Å². The molecular formula is C14H12ClFO. The van der Waals surface area contributed by atoms with Gasteiger partial charge in [-0.1, -0.05) is 41.9 Å². The molecule has 2 aromatic carbocycles. The minimum Gasteiger partial charge on any atom is -0.384 e. The molecule has 0 bridgehead atoms. The van der Waals surface area contributed by atoms with Gasteiger partial charge in [-0.2, -0.15) is 0 Å². The van der Waals surface area contributed by atoms with Crippen LogP contribution in [0.3, 0.4) is 0 Å². The third-order valence-electron chi connectivity index (χ3n) is 2.66. The summed E-state index contributed by atoms with van der Waals surface area (Å²) in [5, 5.41) is 10.5. The van der Waals surface area contributed by atoms with E-state index in [0.29, 0.717) is 16.1 Å². The van der Waals surface area contributed by atoms with Crippen molar-refractivity contribution >= 4 is 11.6 Å². The number of aliphatic hydroxyl groups excluding tert-OH is 1. The van der Waals surface area contributed by atoms with Crippen molar-refractivity contribution in [3.05, 3.63) is 70.0 Å². The fraction of sp³-hybridized carbons (Fsp3) is 0.143. The van der Waals surface area contributed by atoms with Gasteiger partial charge in [0, 0.05) is 10.6 Å². The van der Waals surface area contributed by atoms with Crippen molar-refractivity contribution in [3.8, 4) is 0 Å². The Morgan fingerprint density at radius 3 is 2.47 bits per heavy atom. The topological polar surface area (TPSA) is 20.2 Å². The number of rotatable bonds is 2. The molecule has 0 aliphatic rings. The molecule has 0 radical (unpaired) electrons. The van der Waals surface area contributed by atoms with Gasteiger partial charge in [-0.3, -0.25) is 0 Å². The number of aliphatic hydroxyl groups is 1. The van der Waals surface area contributed by atoms with Crippen molar-refractivity contribution < 1.29 is 9.50 Å². The highest BCUT2D eigenvalue weighted by atomic mass is 35.5. The van der Waals surface area contributed by atoms with Crippen molar-refractivity contribution in [1.82, 2.24) is 0 Å². The third kappa shape index (κ3) is 2.48. The van der Waals surface area contributed by atoms with Crippen LogP contribution in [-0.4, -0.2) is 5.11 Å². The maximum Gasteiger partial charge on any atom is 0.132 e. The Balaban J connectivity index is 2.48. The normalized spacial score (nSPS) is 12.5. The van der Waals surface area contributed by atoms with Gasteiger partial charge < -0.3 is 5.11 Å². The van der Waals surface area contributed by atoms with Gasteiger partial charge >= 0.3 is 0 Å².